The minimum Gasteiger partial charge on any atom is -0.326 e. The summed E-state index contributed by atoms with van der Waals surface area (Å²) in [4.78, 5) is 13.0. The minimum atomic E-state index is -0.334. The molecule has 1 aliphatic rings. The summed E-state index contributed by atoms with van der Waals surface area (Å²) in [7, 11) is 0. The van der Waals surface area contributed by atoms with Crippen LogP contribution in [0, 0.1) is 10.1 Å². The third-order valence-electron chi connectivity index (χ3n) is 3.46. The fourth-order valence-corrected chi connectivity index (χ4v) is 2.94. The Morgan fingerprint density at radius 3 is 2.94 bits per heavy atom. The van der Waals surface area contributed by atoms with Crippen LogP contribution in [0.5, 0.6) is 0 Å². The van der Waals surface area contributed by atoms with Gasteiger partial charge in [-0.3, -0.25) is 15.0 Å². The number of nitrogens with two attached hydrogens (primary N) is 1. The van der Waals surface area contributed by atoms with Crippen molar-refractivity contribution in [2.75, 3.05) is 13.1 Å². The first-order valence-electron chi connectivity index (χ1n) is 5.98. The number of hydrogen-bond donors (Lipinski definition) is 1. The van der Waals surface area contributed by atoms with E-state index in [2.05, 4.69) is 27.8 Å². The summed E-state index contributed by atoms with van der Waals surface area (Å²) in [6.07, 6.45) is 0.881. The standard InChI is InChI=1S/C12H16BrN3O2/c1-2-15-6-5-10(14)12(15)9-4-3-8(13)7-11(9)16(17)18/h3-4,7,10,12H,2,5-6,14H2,1H3. The van der Waals surface area contributed by atoms with Crippen LogP contribution in [0.2, 0.25) is 0 Å². The molecule has 0 aromatic heterocycles. The number of nitro benzene ring substituents is 1. The molecule has 5 nitrogen and oxygen atoms in total. The SMILES string of the molecule is CCN1CCC(N)C1c1ccc(Br)cc1[N+](=O)[O-]. The fraction of sp³-hybridized carbons (Fsp3) is 0.500. The number of hydrogen-bond acceptors (Lipinski definition) is 4. The lowest BCUT2D eigenvalue weighted by atomic mass is 9.99. The molecule has 1 saturated heterocycles. The summed E-state index contributed by atoms with van der Waals surface area (Å²) in [6.45, 7) is 3.80. The van der Waals surface area contributed by atoms with Crippen molar-refractivity contribution < 1.29 is 4.92 Å². The third kappa shape index (κ3) is 2.41. The van der Waals surface area contributed by atoms with Crippen molar-refractivity contribution in [3.63, 3.8) is 0 Å². The first kappa shape index (κ1) is 13.5. The Kier molecular flexibility index (Phi) is 3.99. The van der Waals surface area contributed by atoms with Gasteiger partial charge in [-0.2, -0.15) is 0 Å². The molecule has 2 N–H and O–H groups in total. The molecule has 18 heavy (non-hydrogen) atoms. The predicted octanol–water partition coefficient (Wildman–Crippen LogP) is 2.45. The molecule has 1 aromatic carbocycles. The summed E-state index contributed by atoms with van der Waals surface area (Å²) in [6, 6.07) is 5.10. The molecule has 0 bridgehead atoms. The highest BCUT2D eigenvalue weighted by molar-refractivity contribution is 9.10. The highest BCUT2D eigenvalue weighted by atomic mass is 79.9. The van der Waals surface area contributed by atoms with Gasteiger partial charge in [0.25, 0.3) is 5.69 Å². The molecular formula is C12H16BrN3O2. The van der Waals surface area contributed by atoms with Crippen LogP contribution in [-0.2, 0) is 0 Å². The van der Waals surface area contributed by atoms with Crippen LogP contribution in [-0.4, -0.2) is 29.0 Å². The predicted molar refractivity (Wildman–Crippen MR) is 73.4 cm³/mol. The Morgan fingerprint density at radius 2 is 2.33 bits per heavy atom. The highest BCUT2D eigenvalue weighted by Crippen LogP contribution is 2.37. The number of likely N-dealkylation sites (N-methyl/N-ethyl adjacent to an activating group) is 1. The summed E-state index contributed by atoms with van der Waals surface area (Å²) in [5.74, 6) is 0. The van der Waals surface area contributed by atoms with Gasteiger partial charge in [0.15, 0.2) is 0 Å². The maximum atomic E-state index is 11.2. The van der Waals surface area contributed by atoms with Crippen molar-refractivity contribution in [2.45, 2.75) is 25.4 Å². The van der Waals surface area contributed by atoms with Crippen LogP contribution in [0.4, 0.5) is 5.69 Å². The zero-order valence-corrected chi connectivity index (χ0v) is 11.8. The van der Waals surface area contributed by atoms with Crippen molar-refractivity contribution in [2.24, 2.45) is 5.73 Å². The van der Waals surface area contributed by atoms with E-state index < -0.39 is 0 Å². The van der Waals surface area contributed by atoms with Gasteiger partial charge in [-0.15, -0.1) is 0 Å². The molecule has 0 aliphatic carbocycles. The number of likely N-dealkylation sites (tertiary alicyclic amines) is 1. The smallest absolute Gasteiger partial charge is 0.275 e. The topological polar surface area (TPSA) is 72.4 Å². The maximum absolute atomic E-state index is 11.2. The van der Waals surface area contributed by atoms with Gasteiger partial charge in [0.2, 0.25) is 0 Å². The van der Waals surface area contributed by atoms with Gasteiger partial charge < -0.3 is 5.73 Å². The van der Waals surface area contributed by atoms with Gasteiger partial charge in [0, 0.05) is 28.7 Å². The number of nitrogens with zero attached hydrogens (tertiary/aromatic N) is 2. The molecule has 2 atom stereocenters. The second-order valence-electron chi connectivity index (χ2n) is 4.49. The van der Waals surface area contributed by atoms with Crippen molar-refractivity contribution >= 4 is 21.6 Å². The van der Waals surface area contributed by atoms with E-state index in [9.17, 15) is 10.1 Å². The molecule has 0 saturated carbocycles. The molecule has 2 rings (SSSR count). The lowest BCUT2D eigenvalue weighted by Crippen LogP contribution is -2.32. The van der Waals surface area contributed by atoms with Crippen molar-refractivity contribution in [1.82, 2.24) is 4.90 Å². The zero-order chi connectivity index (χ0) is 13.3. The summed E-state index contributed by atoms with van der Waals surface area (Å²) in [5.41, 5.74) is 6.97. The summed E-state index contributed by atoms with van der Waals surface area (Å²) in [5, 5.41) is 11.2. The lowest BCUT2D eigenvalue weighted by Gasteiger charge is -2.25. The van der Waals surface area contributed by atoms with Gasteiger partial charge in [-0.05, 0) is 25.1 Å². The molecule has 0 spiro atoms. The molecule has 1 aliphatic heterocycles. The first-order chi connectivity index (χ1) is 8.54. The first-order valence-corrected chi connectivity index (χ1v) is 6.77. The van der Waals surface area contributed by atoms with E-state index >= 15 is 0 Å². The molecular weight excluding hydrogens is 298 g/mol. The number of nitro groups is 1. The number of halogens is 1. The van der Waals surface area contributed by atoms with Crippen molar-refractivity contribution in [3.8, 4) is 0 Å². The van der Waals surface area contributed by atoms with E-state index in [1.165, 1.54) is 0 Å². The molecule has 0 radical (unpaired) electrons. The number of rotatable bonds is 3. The van der Waals surface area contributed by atoms with Gasteiger partial charge in [0.05, 0.1) is 11.0 Å². The highest BCUT2D eigenvalue weighted by Gasteiger charge is 2.35. The fourth-order valence-electron chi connectivity index (χ4n) is 2.59. The third-order valence-corrected chi connectivity index (χ3v) is 3.96. The molecule has 1 aromatic rings. The molecule has 1 fully saturated rings. The van der Waals surface area contributed by atoms with Gasteiger partial charge >= 0.3 is 0 Å². The molecule has 1 heterocycles. The Hall–Kier alpha value is -0.980. The van der Waals surface area contributed by atoms with Gasteiger partial charge in [-0.1, -0.05) is 22.9 Å². The average molecular weight is 314 g/mol. The maximum Gasteiger partial charge on any atom is 0.275 e. The minimum absolute atomic E-state index is 0.0372. The molecule has 98 valence electrons. The van der Waals surface area contributed by atoms with E-state index in [4.69, 9.17) is 5.73 Å². The van der Waals surface area contributed by atoms with Crippen molar-refractivity contribution in [1.29, 1.82) is 0 Å². The summed E-state index contributed by atoms with van der Waals surface area (Å²) < 4.78 is 0.715. The number of benzene rings is 1. The van der Waals surface area contributed by atoms with Crippen LogP contribution >= 0.6 is 15.9 Å². The second-order valence-corrected chi connectivity index (χ2v) is 5.40. The van der Waals surface area contributed by atoms with Crippen LogP contribution in [0.3, 0.4) is 0 Å². The zero-order valence-electron chi connectivity index (χ0n) is 10.2. The van der Waals surface area contributed by atoms with Crippen LogP contribution in [0.1, 0.15) is 24.9 Å². The monoisotopic (exact) mass is 313 g/mol. The summed E-state index contributed by atoms with van der Waals surface area (Å²) >= 11 is 3.27. The van der Waals surface area contributed by atoms with Crippen LogP contribution < -0.4 is 5.73 Å². The van der Waals surface area contributed by atoms with E-state index in [0.29, 0.717) is 4.47 Å². The average Bonchev–Trinajstić information content (AvgIpc) is 2.70. The van der Waals surface area contributed by atoms with E-state index in [1.54, 1.807) is 12.1 Å². The Morgan fingerprint density at radius 1 is 1.61 bits per heavy atom. The Balaban J connectivity index is 2.46. The van der Waals surface area contributed by atoms with Gasteiger partial charge in [-0.25, -0.2) is 0 Å². The largest absolute Gasteiger partial charge is 0.326 e. The van der Waals surface area contributed by atoms with E-state index in [-0.39, 0.29) is 22.7 Å². The van der Waals surface area contributed by atoms with Crippen molar-refractivity contribution in [3.05, 3.63) is 38.3 Å². The van der Waals surface area contributed by atoms with Crippen LogP contribution in [0.25, 0.3) is 0 Å². The van der Waals surface area contributed by atoms with E-state index in [0.717, 1.165) is 25.1 Å². The Labute approximate surface area is 114 Å². The lowest BCUT2D eigenvalue weighted by molar-refractivity contribution is -0.386. The van der Waals surface area contributed by atoms with Gasteiger partial charge in [0.1, 0.15) is 0 Å². The quantitative estimate of drug-likeness (QED) is 0.687. The second kappa shape index (κ2) is 5.34. The van der Waals surface area contributed by atoms with E-state index in [1.807, 2.05) is 6.07 Å². The molecule has 2 unspecified atom stereocenters. The molecule has 6 heteroatoms. The van der Waals surface area contributed by atoms with Crippen LogP contribution in [0.15, 0.2) is 22.7 Å². The normalized spacial score (nSPS) is 24.4. The Bertz CT molecular complexity index is 467. The molecule has 0 amide bonds.